The van der Waals surface area contributed by atoms with E-state index in [-0.39, 0.29) is 0 Å². The van der Waals surface area contributed by atoms with Crippen LogP contribution < -0.4 is 5.73 Å². The predicted octanol–water partition coefficient (Wildman–Crippen LogP) is 1.54. The second-order valence-corrected chi connectivity index (χ2v) is 6.35. The summed E-state index contributed by atoms with van der Waals surface area (Å²) in [6.45, 7) is 11.7. The van der Waals surface area contributed by atoms with Crippen LogP contribution in [0.5, 0.6) is 0 Å². The van der Waals surface area contributed by atoms with Gasteiger partial charge in [0.1, 0.15) is 0 Å². The zero-order valence-corrected chi connectivity index (χ0v) is 12.2. The maximum atomic E-state index is 5.64. The summed E-state index contributed by atoms with van der Waals surface area (Å²) >= 11 is 1.54. The fourth-order valence-electron chi connectivity index (χ4n) is 2.42. The third-order valence-electron chi connectivity index (χ3n) is 3.34. The highest BCUT2D eigenvalue weighted by Gasteiger charge is 2.17. The van der Waals surface area contributed by atoms with Crippen LogP contribution in [0.2, 0.25) is 0 Å². The standard InChI is InChI=1S/C13H24N4S/c1-11(2)9-17-7-5-16(6-8-17)4-3-12-10-18-13(14)15-12/h10-11H,3-9H2,1-2H3,(H2,14,15). The van der Waals surface area contributed by atoms with Gasteiger partial charge in [0, 0.05) is 51.1 Å². The largest absolute Gasteiger partial charge is 0.375 e. The van der Waals surface area contributed by atoms with E-state index in [4.69, 9.17) is 5.73 Å². The van der Waals surface area contributed by atoms with Gasteiger partial charge in [0.15, 0.2) is 5.13 Å². The molecule has 2 N–H and O–H groups in total. The number of rotatable bonds is 5. The van der Waals surface area contributed by atoms with Gasteiger partial charge in [-0.1, -0.05) is 13.8 Å². The molecule has 0 aliphatic carbocycles. The molecule has 5 heteroatoms. The zero-order chi connectivity index (χ0) is 13.0. The molecule has 0 radical (unpaired) electrons. The fourth-order valence-corrected chi connectivity index (χ4v) is 3.02. The molecule has 1 aliphatic rings. The van der Waals surface area contributed by atoms with Crippen LogP contribution in [0.1, 0.15) is 19.5 Å². The quantitative estimate of drug-likeness (QED) is 0.880. The Balaban J connectivity index is 1.67. The summed E-state index contributed by atoms with van der Waals surface area (Å²) in [5.41, 5.74) is 6.78. The van der Waals surface area contributed by atoms with Crippen molar-refractivity contribution in [2.45, 2.75) is 20.3 Å². The van der Waals surface area contributed by atoms with E-state index in [9.17, 15) is 0 Å². The zero-order valence-electron chi connectivity index (χ0n) is 11.4. The first-order valence-corrected chi connectivity index (χ1v) is 7.66. The maximum Gasteiger partial charge on any atom is 0.180 e. The van der Waals surface area contributed by atoms with Crippen LogP contribution in [0.4, 0.5) is 5.13 Å². The third kappa shape index (κ3) is 4.23. The van der Waals surface area contributed by atoms with Gasteiger partial charge in [-0.25, -0.2) is 4.98 Å². The minimum Gasteiger partial charge on any atom is -0.375 e. The van der Waals surface area contributed by atoms with E-state index in [2.05, 4.69) is 34.0 Å². The van der Waals surface area contributed by atoms with E-state index < -0.39 is 0 Å². The summed E-state index contributed by atoms with van der Waals surface area (Å²) in [5, 5.41) is 2.76. The van der Waals surface area contributed by atoms with Crippen molar-refractivity contribution in [1.29, 1.82) is 0 Å². The molecule has 0 bridgehead atoms. The third-order valence-corrected chi connectivity index (χ3v) is 4.06. The van der Waals surface area contributed by atoms with E-state index in [1.54, 1.807) is 0 Å². The Kier molecular flexibility index (Phi) is 4.97. The average molecular weight is 268 g/mol. The van der Waals surface area contributed by atoms with Crippen molar-refractivity contribution in [3.05, 3.63) is 11.1 Å². The lowest BCUT2D eigenvalue weighted by molar-refractivity contribution is 0.123. The number of piperazine rings is 1. The van der Waals surface area contributed by atoms with Crippen molar-refractivity contribution in [1.82, 2.24) is 14.8 Å². The Labute approximate surface area is 114 Å². The maximum absolute atomic E-state index is 5.64. The van der Waals surface area contributed by atoms with Crippen molar-refractivity contribution in [3.8, 4) is 0 Å². The molecule has 1 aromatic heterocycles. The van der Waals surface area contributed by atoms with Gasteiger partial charge in [0.25, 0.3) is 0 Å². The summed E-state index contributed by atoms with van der Waals surface area (Å²) in [6, 6.07) is 0. The van der Waals surface area contributed by atoms with Crippen LogP contribution in [0.3, 0.4) is 0 Å². The molecule has 2 rings (SSSR count). The molecule has 102 valence electrons. The molecule has 2 heterocycles. The Morgan fingerprint density at radius 1 is 1.28 bits per heavy atom. The fraction of sp³-hybridized carbons (Fsp3) is 0.769. The molecular formula is C13H24N4S. The van der Waals surface area contributed by atoms with E-state index >= 15 is 0 Å². The van der Waals surface area contributed by atoms with Crippen LogP contribution in [0.15, 0.2) is 5.38 Å². The second-order valence-electron chi connectivity index (χ2n) is 5.46. The van der Waals surface area contributed by atoms with Crippen molar-refractivity contribution in [2.24, 2.45) is 5.92 Å². The predicted molar refractivity (Wildman–Crippen MR) is 77.9 cm³/mol. The highest BCUT2D eigenvalue weighted by molar-refractivity contribution is 7.13. The molecule has 0 unspecified atom stereocenters. The number of thiazole rings is 1. The highest BCUT2D eigenvalue weighted by Crippen LogP contribution is 2.12. The van der Waals surface area contributed by atoms with Gasteiger partial charge in [-0.15, -0.1) is 11.3 Å². The Morgan fingerprint density at radius 3 is 2.50 bits per heavy atom. The molecule has 1 saturated heterocycles. The Morgan fingerprint density at radius 2 is 1.94 bits per heavy atom. The minimum atomic E-state index is 0.687. The smallest absolute Gasteiger partial charge is 0.180 e. The van der Waals surface area contributed by atoms with Gasteiger partial charge in [-0.05, 0) is 5.92 Å². The number of anilines is 1. The van der Waals surface area contributed by atoms with Crippen LogP contribution in [0, 0.1) is 5.92 Å². The number of hydrogen-bond acceptors (Lipinski definition) is 5. The second kappa shape index (κ2) is 6.50. The van der Waals surface area contributed by atoms with Gasteiger partial charge in [0.05, 0.1) is 5.69 Å². The highest BCUT2D eigenvalue weighted by atomic mass is 32.1. The molecular weight excluding hydrogens is 244 g/mol. The lowest BCUT2D eigenvalue weighted by Crippen LogP contribution is -2.47. The molecule has 0 saturated carbocycles. The SMILES string of the molecule is CC(C)CN1CCN(CCc2csc(N)n2)CC1. The van der Waals surface area contributed by atoms with Crippen molar-refractivity contribution >= 4 is 16.5 Å². The van der Waals surface area contributed by atoms with Crippen LogP contribution in [0.25, 0.3) is 0 Å². The normalized spacial score (nSPS) is 18.6. The van der Waals surface area contributed by atoms with Crippen LogP contribution >= 0.6 is 11.3 Å². The molecule has 0 amide bonds. The van der Waals surface area contributed by atoms with Crippen LogP contribution in [-0.2, 0) is 6.42 Å². The topological polar surface area (TPSA) is 45.4 Å². The monoisotopic (exact) mass is 268 g/mol. The molecule has 1 aromatic rings. The van der Waals surface area contributed by atoms with E-state index in [1.165, 1.54) is 44.1 Å². The average Bonchev–Trinajstić information content (AvgIpc) is 2.74. The van der Waals surface area contributed by atoms with E-state index in [1.807, 2.05) is 0 Å². The van der Waals surface area contributed by atoms with Crippen molar-refractivity contribution in [3.63, 3.8) is 0 Å². The number of hydrogen-bond donors (Lipinski definition) is 1. The number of nitrogens with zero attached hydrogens (tertiary/aromatic N) is 3. The van der Waals surface area contributed by atoms with Gasteiger partial charge in [0.2, 0.25) is 0 Å². The van der Waals surface area contributed by atoms with Gasteiger partial charge >= 0.3 is 0 Å². The summed E-state index contributed by atoms with van der Waals surface area (Å²) in [6.07, 6.45) is 1.03. The molecule has 18 heavy (non-hydrogen) atoms. The first-order chi connectivity index (χ1) is 8.63. The Hall–Kier alpha value is -0.650. The first kappa shape index (κ1) is 13.8. The van der Waals surface area contributed by atoms with E-state index in [0.717, 1.165) is 24.6 Å². The summed E-state index contributed by atoms with van der Waals surface area (Å²) in [5.74, 6) is 0.773. The summed E-state index contributed by atoms with van der Waals surface area (Å²) < 4.78 is 0. The minimum absolute atomic E-state index is 0.687. The summed E-state index contributed by atoms with van der Waals surface area (Å²) in [4.78, 5) is 9.41. The molecule has 0 aromatic carbocycles. The molecule has 1 aliphatic heterocycles. The Bertz CT molecular complexity index is 356. The molecule has 0 atom stereocenters. The molecule has 0 spiro atoms. The number of nitrogen functional groups attached to an aromatic ring is 1. The van der Waals surface area contributed by atoms with Crippen molar-refractivity contribution < 1.29 is 0 Å². The number of aromatic nitrogens is 1. The van der Waals surface area contributed by atoms with Gasteiger partial charge < -0.3 is 15.5 Å². The lowest BCUT2D eigenvalue weighted by Gasteiger charge is -2.35. The van der Waals surface area contributed by atoms with Crippen LogP contribution in [-0.4, -0.2) is 54.1 Å². The van der Waals surface area contributed by atoms with Gasteiger partial charge in [-0.3, -0.25) is 0 Å². The van der Waals surface area contributed by atoms with Crippen molar-refractivity contribution in [2.75, 3.05) is 45.0 Å². The van der Waals surface area contributed by atoms with Gasteiger partial charge in [-0.2, -0.15) is 0 Å². The number of nitrogens with two attached hydrogens (primary N) is 1. The summed E-state index contributed by atoms with van der Waals surface area (Å²) in [7, 11) is 0. The molecule has 1 fully saturated rings. The molecule has 4 nitrogen and oxygen atoms in total. The lowest BCUT2D eigenvalue weighted by atomic mass is 10.2. The van der Waals surface area contributed by atoms with E-state index in [0.29, 0.717) is 5.13 Å². The first-order valence-electron chi connectivity index (χ1n) is 6.78.